The van der Waals surface area contributed by atoms with Gasteiger partial charge in [-0.3, -0.25) is 4.79 Å². The van der Waals surface area contributed by atoms with Gasteiger partial charge < -0.3 is 10.6 Å². The van der Waals surface area contributed by atoms with Crippen LogP contribution in [0, 0.1) is 5.92 Å². The zero-order chi connectivity index (χ0) is 13.9. The van der Waals surface area contributed by atoms with Gasteiger partial charge in [0.2, 0.25) is 0 Å². The van der Waals surface area contributed by atoms with Gasteiger partial charge in [0.25, 0.3) is 5.91 Å². The number of benzene rings is 1. The fraction of sp³-hybridized carbons (Fsp3) is 0.588. The molecular formula is C17H25ClN2O. The second-order valence-electron chi connectivity index (χ2n) is 6.24. The monoisotopic (exact) mass is 308 g/mol. The van der Waals surface area contributed by atoms with E-state index in [1.165, 1.54) is 30.4 Å². The Morgan fingerprint density at radius 3 is 2.76 bits per heavy atom. The number of halogens is 1. The Labute approximate surface area is 133 Å². The highest BCUT2D eigenvalue weighted by atomic mass is 35.5. The third-order valence-electron chi connectivity index (χ3n) is 4.75. The van der Waals surface area contributed by atoms with Crippen LogP contribution in [-0.4, -0.2) is 25.0 Å². The molecule has 1 aromatic carbocycles. The second kappa shape index (κ2) is 7.28. The number of hydrogen-bond acceptors (Lipinski definition) is 2. The highest BCUT2D eigenvalue weighted by Crippen LogP contribution is 2.22. The SMILES string of the molecule is CC1CCNCC1NC(=O)c1ccc2c(c1)CCCC2.Cl. The summed E-state index contributed by atoms with van der Waals surface area (Å²) < 4.78 is 0. The number of amides is 1. The summed E-state index contributed by atoms with van der Waals surface area (Å²) in [6.45, 7) is 4.17. The van der Waals surface area contributed by atoms with Crippen LogP contribution in [-0.2, 0) is 12.8 Å². The Kier molecular flexibility index (Phi) is 5.65. The van der Waals surface area contributed by atoms with Gasteiger partial charge in [0, 0.05) is 18.2 Å². The molecule has 2 aliphatic rings. The molecule has 1 heterocycles. The minimum Gasteiger partial charge on any atom is -0.348 e. The molecule has 0 aromatic heterocycles. The largest absolute Gasteiger partial charge is 0.348 e. The van der Waals surface area contributed by atoms with Crippen LogP contribution >= 0.6 is 12.4 Å². The summed E-state index contributed by atoms with van der Waals surface area (Å²) >= 11 is 0. The predicted molar refractivity (Wildman–Crippen MR) is 88.2 cm³/mol. The Hall–Kier alpha value is -1.06. The van der Waals surface area contributed by atoms with E-state index in [1.54, 1.807) is 0 Å². The summed E-state index contributed by atoms with van der Waals surface area (Å²) in [5.74, 6) is 0.636. The predicted octanol–water partition coefficient (Wildman–Crippen LogP) is 2.72. The molecular weight excluding hydrogens is 284 g/mol. The van der Waals surface area contributed by atoms with Gasteiger partial charge >= 0.3 is 0 Å². The smallest absolute Gasteiger partial charge is 0.251 e. The van der Waals surface area contributed by atoms with E-state index < -0.39 is 0 Å². The summed E-state index contributed by atoms with van der Waals surface area (Å²) in [6.07, 6.45) is 5.96. The molecule has 0 bridgehead atoms. The first-order valence-electron chi connectivity index (χ1n) is 7.87. The second-order valence-corrected chi connectivity index (χ2v) is 6.24. The molecule has 3 nitrogen and oxygen atoms in total. The van der Waals surface area contributed by atoms with Crippen molar-refractivity contribution in [1.82, 2.24) is 10.6 Å². The first-order chi connectivity index (χ1) is 9.74. The first kappa shape index (κ1) is 16.3. The summed E-state index contributed by atoms with van der Waals surface area (Å²) in [5.41, 5.74) is 3.63. The van der Waals surface area contributed by atoms with Gasteiger partial charge in [-0.25, -0.2) is 0 Å². The van der Waals surface area contributed by atoms with Gasteiger partial charge in [-0.2, -0.15) is 0 Å². The molecule has 0 saturated carbocycles. The van der Waals surface area contributed by atoms with Crippen molar-refractivity contribution in [2.24, 2.45) is 5.92 Å². The zero-order valence-electron chi connectivity index (χ0n) is 12.7. The van der Waals surface area contributed by atoms with Crippen LogP contribution in [0.25, 0.3) is 0 Å². The van der Waals surface area contributed by atoms with Gasteiger partial charge in [0.05, 0.1) is 0 Å². The van der Waals surface area contributed by atoms with Crippen molar-refractivity contribution < 1.29 is 4.79 Å². The van der Waals surface area contributed by atoms with Gasteiger partial charge in [0.15, 0.2) is 0 Å². The summed E-state index contributed by atoms with van der Waals surface area (Å²) in [5, 5.41) is 6.55. The molecule has 2 unspecified atom stereocenters. The van der Waals surface area contributed by atoms with Crippen molar-refractivity contribution in [1.29, 1.82) is 0 Å². The average molecular weight is 309 g/mol. The van der Waals surface area contributed by atoms with Crippen LogP contribution in [0.2, 0.25) is 0 Å². The van der Waals surface area contributed by atoms with Gasteiger partial charge in [-0.1, -0.05) is 13.0 Å². The van der Waals surface area contributed by atoms with Crippen molar-refractivity contribution >= 4 is 18.3 Å². The minimum atomic E-state index is 0. The topological polar surface area (TPSA) is 41.1 Å². The number of carbonyl (C=O) groups is 1. The lowest BCUT2D eigenvalue weighted by Crippen LogP contribution is -2.50. The summed E-state index contributed by atoms with van der Waals surface area (Å²) in [4.78, 5) is 12.4. The maximum absolute atomic E-state index is 12.4. The van der Waals surface area contributed by atoms with Crippen LogP contribution in [0.1, 0.15) is 47.7 Å². The standard InChI is InChI=1S/C17H24N2O.ClH/c1-12-8-9-18-11-16(12)19-17(20)15-7-6-13-4-2-3-5-14(13)10-15;/h6-7,10,12,16,18H,2-5,8-9,11H2,1H3,(H,19,20);1H. The average Bonchev–Trinajstić information content (AvgIpc) is 2.49. The number of hydrogen-bond donors (Lipinski definition) is 2. The molecule has 0 spiro atoms. The zero-order valence-corrected chi connectivity index (χ0v) is 13.5. The Balaban J connectivity index is 0.00000161. The molecule has 3 rings (SSSR count). The first-order valence-corrected chi connectivity index (χ1v) is 7.87. The normalized spacial score (nSPS) is 24.6. The number of fused-ring (bicyclic) bond motifs is 1. The number of aryl methyl sites for hydroxylation is 2. The minimum absolute atomic E-state index is 0. The van der Waals surface area contributed by atoms with E-state index in [0.717, 1.165) is 31.5 Å². The third kappa shape index (κ3) is 3.78. The highest BCUT2D eigenvalue weighted by Gasteiger charge is 2.23. The lowest BCUT2D eigenvalue weighted by Gasteiger charge is -2.30. The Morgan fingerprint density at radius 2 is 2.00 bits per heavy atom. The lowest BCUT2D eigenvalue weighted by molar-refractivity contribution is 0.0915. The Bertz CT molecular complexity index is 504. The fourth-order valence-electron chi connectivity index (χ4n) is 3.31. The van der Waals surface area contributed by atoms with Crippen molar-refractivity contribution in [3.05, 3.63) is 34.9 Å². The van der Waals surface area contributed by atoms with Crippen molar-refractivity contribution in [2.75, 3.05) is 13.1 Å². The quantitative estimate of drug-likeness (QED) is 0.882. The van der Waals surface area contributed by atoms with E-state index in [4.69, 9.17) is 0 Å². The van der Waals surface area contributed by atoms with E-state index in [1.807, 2.05) is 6.07 Å². The lowest BCUT2D eigenvalue weighted by atomic mass is 9.90. The molecule has 1 amide bonds. The molecule has 2 N–H and O–H groups in total. The van der Waals surface area contributed by atoms with Crippen LogP contribution in [0.4, 0.5) is 0 Å². The van der Waals surface area contributed by atoms with E-state index in [9.17, 15) is 4.79 Å². The van der Waals surface area contributed by atoms with Crippen LogP contribution < -0.4 is 10.6 Å². The molecule has 1 aliphatic carbocycles. The van der Waals surface area contributed by atoms with E-state index in [0.29, 0.717) is 5.92 Å². The molecule has 116 valence electrons. The maximum atomic E-state index is 12.4. The van der Waals surface area contributed by atoms with Gasteiger partial charge in [-0.05, 0) is 67.8 Å². The maximum Gasteiger partial charge on any atom is 0.251 e. The molecule has 2 atom stereocenters. The highest BCUT2D eigenvalue weighted by molar-refractivity contribution is 5.94. The molecule has 1 aromatic rings. The van der Waals surface area contributed by atoms with Crippen LogP contribution in [0.15, 0.2) is 18.2 Å². The molecule has 1 fully saturated rings. The summed E-state index contributed by atoms with van der Waals surface area (Å²) in [7, 11) is 0. The fourth-order valence-corrected chi connectivity index (χ4v) is 3.31. The Morgan fingerprint density at radius 1 is 1.24 bits per heavy atom. The van der Waals surface area contributed by atoms with Crippen LogP contribution in [0.3, 0.4) is 0 Å². The van der Waals surface area contributed by atoms with Gasteiger partial charge in [0.1, 0.15) is 0 Å². The van der Waals surface area contributed by atoms with Crippen molar-refractivity contribution in [3.63, 3.8) is 0 Å². The van der Waals surface area contributed by atoms with E-state index in [2.05, 4.69) is 29.7 Å². The van der Waals surface area contributed by atoms with Crippen molar-refractivity contribution in [2.45, 2.75) is 45.1 Å². The number of rotatable bonds is 2. The number of nitrogens with one attached hydrogen (secondary N) is 2. The third-order valence-corrected chi connectivity index (χ3v) is 4.75. The number of piperidine rings is 1. The summed E-state index contributed by atoms with van der Waals surface area (Å²) in [6, 6.07) is 6.49. The van der Waals surface area contributed by atoms with Crippen LogP contribution in [0.5, 0.6) is 0 Å². The van der Waals surface area contributed by atoms with Crippen molar-refractivity contribution in [3.8, 4) is 0 Å². The van der Waals surface area contributed by atoms with E-state index >= 15 is 0 Å². The molecule has 21 heavy (non-hydrogen) atoms. The molecule has 4 heteroatoms. The van der Waals surface area contributed by atoms with Gasteiger partial charge in [-0.15, -0.1) is 12.4 Å². The molecule has 1 aliphatic heterocycles. The number of carbonyl (C=O) groups excluding carboxylic acids is 1. The van der Waals surface area contributed by atoms with E-state index in [-0.39, 0.29) is 24.4 Å². The molecule has 0 radical (unpaired) electrons. The molecule has 1 saturated heterocycles.